The molecule has 19 heavy (non-hydrogen) atoms. The normalized spacial score (nSPS) is 10.7. The third-order valence-electron chi connectivity index (χ3n) is 2.70. The summed E-state index contributed by atoms with van der Waals surface area (Å²) in [5.74, 6) is -0.306. The van der Waals surface area contributed by atoms with Gasteiger partial charge in [-0.1, -0.05) is 19.4 Å². The summed E-state index contributed by atoms with van der Waals surface area (Å²) in [6.45, 7) is 2.06. The van der Waals surface area contributed by atoms with Gasteiger partial charge in [0.05, 0.1) is 0 Å². The van der Waals surface area contributed by atoms with Crippen molar-refractivity contribution in [1.82, 2.24) is 0 Å². The zero-order valence-electron chi connectivity index (χ0n) is 10.5. The fraction of sp³-hybridized carbons (Fsp3) is 0.462. The van der Waals surface area contributed by atoms with Gasteiger partial charge in [0.15, 0.2) is 11.5 Å². The number of unbranched alkanes of at least 4 members (excludes halogenated alkanes) is 1. The predicted molar refractivity (Wildman–Crippen MR) is 74.6 cm³/mol. The molecule has 6 heteroatoms. The standard InChI is InChI=1S/C13H16Cl2O4/c1-2-3-4-8-5-6-10(19-13(17)18)12(16)9(8)7-11(14)15/h5-6,11,16H,2-4,7H2,1H3,(H,17,18). The first-order valence-electron chi connectivity index (χ1n) is 5.98. The number of hydrogen-bond acceptors (Lipinski definition) is 3. The summed E-state index contributed by atoms with van der Waals surface area (Å²) in [6, 6.07) is 3.18. The van der Waals surface area contributed by atoms with Crippen LogP contribution in [0.15, 0.2) is 12.1 Å². The molecule has 0 aliphatic carbocycles. The lowest BCUT2D eigenvalue weighted by Crippen LogP contribution is -2.06. The Labute approximate surface area is 121 Å². The fourth-order valence-electron chi connectivity index (χ4n) is 1.82. The molecule has 0 unspecified atom stereocenters. The quantitative estimate of drug-likeness (QED) is 0.471. The van der Waals surface area contributed by atoms with Crippen molar-refractivity contribution in [3.05, 3.63) is 23.3 Å². The number of carbonyl (C=O) groups is 1. The van der Waals surface area contributed by atoms with Crippen LogP contribution in [0.5, 0.6) is 11.5 Å². The van der Waals surface area contributed by atoms with Crippen LogP contribution in [0.4, 0.5) is 4.79 Å². The van der Waals surface area contributed by atoms with E-state index in [1.807, 2.05) is 0 Å². The van der Waals surface area contributed by atoms with Crippen molar-refractivity contribution >= 4 is 29.4 Å². The van der Waals surface area contributed by atoms with Gasteiger partial charge >= 0.3 is 6.16 Å². The first kappa shape index (κ1) is 15.9. The minimum absolute atomic E-state index is 0.100. The van der Waals surface area contributed by atoms with Crippen molar-refractivity contribution < 1.29 is 19.7 Å². The molecule has 0 radical (unpaired) electrons. The molecule has 2 N–H and O–H groups in total. The molecule has 0 bridgehead atoms. The molecule has 4 nitrogen and oxygen atoms in total. The van der Waals surface area contributed by atoms with E-state index in [2.05, 4.69) is 11.7 Å². The second kappa shape index (κ2) is 7.46. The molecule has 1 aromatic rings. The van der Waals surface area contributed by atoms with Crippen LogP contribution >= 0.6 is 23.2 Å². The Bertz CT molecular complexity index is 447. The van der Waals surface area contributed by atoms with E-state index in [9.17, 15) is 9.90 Å². The topological polar surface area (TPSA) is 66.8 Å². The van der Waals surface area contributed by atoms with Gasteiger partial charge in [0.1, 0.15) is 4.84 Å². The number of alkyl halides is 2. The van der Waals surface area contributed by atoms with Gasteiger partial charge in [0, 0.05) is 12.0 Å². The van der Waals surface area contributed by atoms with E-state index in [1.165, 1.54) is 6.07 Å². The second-order valence-corrected chi connectivity index (χ2v) is 5.39. The summed E-state index contributed by atoms with van der Waals surface area (Å²) in [7, 11) is 0. The van der Waals surface area contributed by atoms with Gasteiger partial charge in [-0.15, -0.1) is 23.2 Å². The number of phenolic OH excluding ortho intramolecular Hbond substituents is 1. The van der Waals surface area contributed by atoms with Crippen molar-refractivity contribution in [2.45, 2.75) is 37.4 Å². The number of benzene rings is 1. The van der Waals surface area contributed by atoms with E-state index < -0.39 is 11.0 Å². The average Bonchev–Trinajstić information content (AvgIpc) is 2.32. The van der Waals surface area contributed by atoms with Crippen molar-refractivity contribution in [1.29, 1.82) is 0 Å². The molecule has 0 aliphatic heterocycles. The number of hydrogen-bond donors (Lipinski definition) is 2. The number of phenols is 1. The van der Waals surface area contributed by atoms with E-state index in [0.29, 0.717) is 5.56 Å². The maximum absolute atomic E-state index is 10.5. The lowest BCUT2D eigenvalue weighted by molar-refractivity contribution is 0.143. The van der Waals surface area contributed by atoms with Gasteiger partial charge in [-0.05, 0) is 24.5 Å². The van der Waals surface area contributed by atoms with E-state index in [0.717, 1.165) is 24.8 Å². The smallest absolute Gasteiger partial charge is 0.504 e. The van der Waals surface area contributed by atoms with Crippen LogP contribution in [-0.2, 0) is 12.8 Å². The Morgan fingerprint density at radius 1 is 1.42 bits per heavy atom. The van der Waals surface area contributed by atoms with Crippen LogP contribution < -0.4 is 4.74 Å². The van der Waals surface area contributed by atoms with Crippen LogP contribution in [0.1, 0.15) is 30.9 Å². The molecule has 106 valence electrons. The summed E-state index contributed by atoms with van der Waals surface area (Å²) < 4.78 is 4.51. The monoisotopic (exact) mass is 306 g/mol. The SMILES string of the molecule is CCCCc1ccc(OC(=O)O)c(O)c1CC(Cl)Cl. The molecule has 1 aromatic carbocycles. The fourth-order valence-corrected chi connectivity index (χ4v) is 2.13. The van der Waals surface area contributed by atoms with Crippen LogP contribution in [0.25, 0.3) is 0 Å². The number of ether oxygens (including phenoxy) is 1. The molecular formula is C13H16Cl2O4. The van der Waals surface area contributed by atoms with Crippen molar-refractivity contribution in [3.8, 4) is 11.5 Å². The Kier molecular flexibility index (Phi) is 6.25. The molecule has 0 atom stereocenters. The Hall–Kier alpha value is -1.13. The number of carboxylic acid groups (broad SMARTS) is 1. The van der Waals surface area contributed by atoms with Crippen LogP contribution in [0.2, 0.25) is 0 Å². The number of aromatic hydroxyl groups is 1. The van der Waals surface area contributed by atoms with Gasteiger partial charge in [-0.25, -0.2) is 4.79 Å². The second-order valence-electron chi connectivity index (χ2n) is 4.12. The lowest BCUT2D eigenvalue weighted by Gasteiger charge is -2.14. The zero-order chi connectivity index (χ0) is 14.4. The third kappa shape index (κ3) is 4.80. The van der Waals surface area contributed by atoms with Crippen molar-refractivity contribution in [3.63, 3.8) is 0 Å². The van der Waals surface area contributed by atoms with E-state index >= 15 is 0 Å². The van der Waals surface area contributed by atoms with E-state index in [-0.39, 0.29) is 17.9 Å². The summed E-state index contributed by atoms with van der Waals surface area (Å²) in [4.78, 5) is 9.85. The molecular weight excluding hydrogens is 291 g/mol. The Balaban J connectivity index is 3.11. The van der Waals surface area contributed by atoms with Crippen molar-refractivity contribution in [2.75, 3.05) is 0 Å². The average molecular weight is 307 g/mol. The van der Waals surface area contributed by atoms with Gasteiger partial charge in [0.2, 0.25) is 0 Å². The molecule has 1 rings (SSSR count). The van der Waals surface area contributed by atoms with Gasteiger partial charge in [-0.3, -0.25) is 0 Å². The molecule has 0 aliphatic rings. The molecule has 0 heterocycles. The molecule has 0 aromatic heterocycles. The molecule has 0 saturated carbocycles. The van der Waals surface area contributed by atoms with Gasteiger partial charge < -0.3 is 14.9 Å². The first-order valence-corrected chi connectivity index (χ1v) is 6.85. The summed E-state index contributed by atoms with van der Waals surface area (Å²) >= 11 is 11.5. The van der Waals surface area contributed by atoms with E-state index in [4.69, 9.17) is 28.3 Å². The molecule has 0 saturated heterocycles. The van der Waals surface area contributed by atoms with Crippen LogP contribution in [0, 0.1) is 0 Å². The lowest BCUT2D eigenvalue weighted by atomic mass is 9.98. The molecule has 0 amide bonds. The Morgan fingerprint density at radius 3 is 2.63 bits per heavy atom. The molecule has 0 spiro atoms. The maximum Gasteiger partial charge on any atom is 0.511 e. The highest BCUT2D eigenvalue weighted by Gasteiger charge is 2.17. The highest BCUT2D eigenvalue weighted by molar-refractivity contribution is 6.44. The Morgan fingerprint density at radius 2 is 2.11 bits per heavy atom. The maximum atomic E-state index is 10.5. The highest BCUT2D eigenvalue weighted by atomic mass is 35.5. The zero-order valence-corrected chi connectivity index (χ0v) is 12.0. The number of rotatable bonds is 6. The number of halogens is 2. The van der Waals surface area contributed by atoms with Crippen molar-refractivity contribution in [2.24, 2.45) is 0 Å². The number of aryl methyl sites for hydroxylation is 1. The summed E-state index contributed by atoms with van der Waals surface area (Å²) in [6.07, 6.45) is 1.51. The van der Waals surface area contributed by atoms with Gasteiger partial charge in [0.25, 0.3) is 0 Å². The van der Waals surface area contributed by atoms with Gasteiger partial charge in [-0.2, -0.15) is 0 Å². The van der Waals surface area contributed by atoms with Crippen LogP contribution in [-0.4, -0.2) is 21.2 Å². The molecule has 0 fully saturated rings. The largest absolute Gasteiger partial charge is 0.511 e. The summed E-state index contributed by atoms with van der Waals surface area (Å²) in [5, 5.41) is 18.7. The predicted octanol–water partition coefficient (Wildman–Crippen LogP) is 4.14. The first-order chi connectivity index (χ1) is 8.95. The third-order valence-corrected chi connectivity index (χ3v) is 3.01. The van der Waals surface area contributed by atoms with Crippen LogP contribution in [0.3, 0.4) is 0 Å². The van der Waals surface area contributed by atoms with E-state index in [1.54, 1.807) is 6.07 Å². The minimum Gasteiger partial charge on any atom is -0.504 e. The highest BCUT2D eigenvalue weighted by Crippen LogP contribution is 2.35. The minimum atomic E-state index is -1.48. The summed E-state index contributed by atoms with van der Waals surface area (Å²) in [5.41, 5.74) is 1.45.